The van der Waals surface area contributed by atoms with E-state index < -0.39 is 5.82 Å². The summed E-state index contributed by atoms with van der Waals surface area (Å²) in [4.78, 5) is 19.7. The maximum absolute atomic E-state index is 13.9. The van der Waals surface area contributed by atoms with Crippen LogP contribution in [-0.2, 0) is 11.2 Å². The van der Waals surface area contributed by atoms with Crippen molar-refractivity contribution < 1.29 is 18.1 Å². The van der Waals surface area contributed by atoms with Crippen LogP contribution >= 0.6 is 11.8 Å². The zero-order valence-electron chi connectivity index (χ0n) is 16.3. The summed E-state index contributed by atoms with van der Waals surface area (Å²) in [6.07, 6.45) is 2.43. The number of amides is 1. The molecule has 1 fully saturated rings. The monoisotopic (exact) mass is 429 g/mol. The first-order valence-corrected chi connectivity index (χ1v) is 10.8. The van der Waals surface area contributed by atoms with Gasteiger partial charge in [0.05, 0.1) is 11.3 Å². The Morgan fingerprint density at radius 2 is 1.97 bits per heavy atom. The lowest BCUT2D eigenvalue weighted by atomic mass is 9.95. The molecule has 30 heavy (non-hydrogen) atoms. The third kappa shape index (κ3) is 5.05. The minimum Gasteiger partial charge on any atom is -0.342 e. The molecular formula is C22H21F2N3O2S. The van der Waals surface area contributed by atoms with Gasteiger partial charge in [-0.05, 0) is 55.2 Å². The van der Waals surface area contributed by atoms with Crippen molar-refractivity contribution in [2.75, 3.05) is 18.8 Å². The number of benzene rings is 2. The van der Waals surface area contributed by atoms with E-state index >= 15 is 0 Å². The summed E-state index contributed by atoms with van der Waals surface area (Å²) >= 11 is 1.40. The van der Waals surface area contributed by atoms with Crippen molar-refractivity contribution in [1.29, 1.82) is 0 Å². The third-order valence-electron chi connectivity index (χ3n) is 5.09. The Balaban J connectivity index is 1.32. The molecule has 1 aliphatic rings. The molecule has 0 N–H and O–H groups in total. The Morgan fingerprint density at radius 3 is 2.77 bits per heavy atom. The van der Waals surface area contributed by atoms with Gasteiger partial charge in [0.25, 0.3) is 0 Å². The molecule has 1 saturated heterocycles. The van der Waals surface area contributed by atoms with Gasteiger partial charge in [0.2, 0.25) is 17.6 Å². The van der Waals surface area contributed by atoms with Crippen LogP contribution in [0.25, 0.3) is 11.4 Å². The van der Waals surface area contributed by atoms with E-state index in [0.29, 0.717) is 30.2 Å². The Morgan fingerprint density at radius 1 is 1.17 bits per heavy atom. The molecule has 5 nitrogen and oxygen atoms in total. The number of rotatable bonds is 6. The number of thioether (sulfide) groups is 1. The topological polar surface area (TPSA) is 59.2 Å². The molecule has 0 saturated carbocycles. The zero-order chi connectivity index (χ0) is 20.9. The molecule has 3 aromatic rings. The lowest BCUT2D eigenvalue weighted by Gasteiger charge is -2.32. The van der Waals surface area contributed by atoms with Gasteiger partial charge in [0.15, 0.2) is 0 Å². The maximum Gasteiger partial charge on any atom is 0.232 e. The highest BCUT2D eigenvalue weighted by molar-refractivity contribution is 8.00. The van der Waals surface area contributed by atoms with E-state index in [-0.39, 0.29) is 23.5 Å². The smallest absolute Gasteiger partial charge is 0.232 e. The molecule has 4 rings (SSSR count). The van der Waals surface area contributed by atoms with Gasteiger partial charge in [-0.3, -0.25) is 4.79 Å². The Kier molecular flexibility index (Phi) is 6.42. The predicted octanol–water partition coefficient (Wildman–Crippen LogP) is 4.59. The second-order valence-corrected chi connectivity index (χ2v) is 8.34. The number of aromatic nitrogens is 2. The fourth-order valence-electron chi connectivity index (χ4n) is 3.56. The van der Waals surface area contributed by atoms with Crippen LogP contribution < -0.4 is 0 Å². The van der Waals surface area contributed by atoms with Crippen molar-refractivity contribution in [1.82, 2.24) is 15.0 Å². The van der Waals surface area contributed by atoms with Gasteiger partial charge in [-0.15, -0.1) is 11.8 Å². The van der Waals surface area contributed by atoms with Gasteiger partial charge < -0.3 is 9.42 Å². The number of hydrogen-bond donors (Lipinski definition) is 0. The molecule has 1 aliphatic heterocycles. The van der Waals surface area contributed by atoms with E-state index in [1.165, 1.54) is 30.0 Å². The highest BCUT2D eigenvalue weighted by Gasteiger charge is 2.25. The van der Waals surface area contributed by atoms with Crippen LogP contribution in [0.1, 0.15) is 18.7 Å². The number of likely N-dealkylation sites (tertiary alicyclic amines) is 1. The van der Waals surface area contributed by atoms with Gasteiger partial charge >= 0.3 is 0 Å². The normalized spacial score (nSPS) is 16.6. The maximum atomic E-state index is 13.9. The van der Waals surface area contributed by atoms with Gasteiger partial charge in [0.1, 0.15) is 11.6 Å². The van der Waals surface area contributed by atoms with E-state index in [4.69, 9.17) is 4.52 Å². The number of carbonyl (C=O) groups is 1. The Labute approximate surface area is 177 Å². The van der Waals surface area contributed by atoms with Gasteiger partial charge in [0, 0.05) is 24.4 Å². The molecule has 1 aromatic heterocycles. The number of nitrogens with zero attached hydrogens (tertiary/aromatic N) is 3. The Bertz CT molecular complexity index is 1010. The van der Waals surface area contributed by atoms with Crippen molar-refractivity contribution in [2.45, 2.75) is 24.2 Å². The summed E-state index contributed by atoms with van der Waals surface area (Å²) < 4.78 is 32.2. The summed E-state index contributed by atoms with van der Waals surface area (Å²) in [5.74, 6) is 0.604. The first-order chi connectivity index (χ1) is 14.6. The summed E-state index contributed by atoms with van der Waals surface area (Å²) in [5.41, 5.74) is 0.311. The molecular weight excluding hydrogens is 408 g/mol. The molecule has 1 atom stereocenters. The molecule has 0 radical (unpaired) electrons. The largest absolute Gasteiger partial charge is 0.342 e. The summed E-state index contributed by atoms with van der Waals surface area (Å²) in [7, 11) is 0. The average Bonchev–Trinajstić information content (AvgIpc) is 3.22. The van der Waals surface area contributed by atoms with Crippen molar-refractivity contribution in [2.24, 2.45) is 5.92 Å². The SMILES string of the molecule is O=C(CSc1ccc(F)cc1)N1CCC[C@H](Cc2nc(-c3ccccc3F)no2)C1. The minimum atomic E-state index is -0.391. The predicted molar refractivity (Wildman–Crippen MR) is 110 cm³/mol. The second kappa shape index (κ2) is 9.38. The molecule has 8 heteroatoms. The molecule has 2 aromatic carbocycles. The highest BCUT2D eigenvalue weighted by Crippen LogP contribution is 2.25. The Hall–Kier alpha value is -2.74. The zero-order valence-corrected chi connectivity index (χ0v) is 17.1. The number of halogens is 2. The van der Waals surface area contributed by atoms with Crippen LogP contribution in [0.5, 0.6) is 0 Å². The van der Waals surface area contributed by atoms with E-state index in [1.807, 2.05) is 4.90 Å². The molecule has 0 spiro atoms. The molecule has 0 aliphatic carbocycles. The van der Waals surface area contributed by atoms with E-state index in [2.05, 4.69) is 10.1 Å². The first-order valence-electron chi connectivity index (χ1n) is 9.82. The third-order valence-corrected chi connectivity index (χ3v) is 6.09. The number of hydrogen-bond acceptors (Lipinski definition) is 5. The van der Waals surface area contributed by atoms with Crippen molar-refractivity contribution in [3.8, 4) is 11.4 Å². The van der Waals surface area contributed by atoms with Crippen molar-refractivity contribution in [3.63, 3.8) is 0 Å². The van der Waals surface area contributed by atoms with E-state index in [1.54, 1.807) is 30.3 Å². The molecule has 156 valence electrons. The fraction of sp³-hybridized carbons (Fsp3) is 0.318. The quantitative estimate of drug-likeness (QED) is 0.537. The minimum absolute atomic E-state index is 0.0617. The van der Waals surface area contributed by atoms with Crippen LogP contribution in [0.15, 0.2) is 57.9 Å². The first kappa shape index (κ1) is 20.5. The summed E-state index contributed by atoms with van der Waals surface area (Å²) in [6.45, 7) is 1.35. The molecule has 0 unspecified atom stereocenters. The molecule has 2 heterocycles. The second-order valence-electron chi connectivity index (χ2n) is 7.29. The van der Waals surface area contributed by atoms with Crippen LogP contribution in [-0.4, -0.2) is 39.8 Å². The molecule has 1 amide bonds. The standard InChI is InChI=1S/C22H21F2N3O2S/c23-16-7-9-17(10-8-16)30-14-21(28)27-11-3-4-15(13-27)12-20-25-22(26-29-20)18-5-1-2-6-19(18)24/h1-2,5-10,15H,3-4,11-14H2/t15-/m1/s1. The highest BCUT2D eigenvalue weighted by atomic mass is 32.2. The van der Waals surface area contributed by atoms with Crippen LogP contribution in [0.3, 0.4) is 0 Å². The van der Waals surface area contributed by atoms with Crippen molar-refractivity contribution >= 4 is 17.7 Å². The number of carbonyl (C=O) groups excluding carboxylic acids is 1. The lowest BCUT2D eigenvalue weighted by molar-refractivity contribution is -0.130. The van der Waals surface area contributed by atoms with E-state index in [9.17, 15) is 13.6 Å². The fourth-order valence-corrected chi connectivity index (χ4v) is 4.36. The summed E-state index contributed by atoms with van der Waals surface area (Å²) in [6, 6.07) is 12.5. The van der Waals surface area contributed by atoms with Gasteiger partial charge in [-0.1, -0.05) is 17.3 Å². The van der Waals surface area contributed by atoms with Crippen LogP contribution in [0.4, 0.5) is 8.78 Å². The van der Waals surface area contributed by atoms with Gasteiger partial charge in [-0.25, -0.2) is 8.78 Å². The van der Waals surface area contributed by atoms with E-state index in [0.717, 1.165) is 24.3 Å². The lowest BCUT2D eigenvalue weighted by Crippen LogP contribution is -2.41. The summed E-state index contributed by atoms with van der Waals surface area (Å²) in [5, 5.41) is 3.90. The van der Waals surface area contributed by atoms with Crippen LogP contribution in [0, 0.1) is 17.6 Å². The molecule has 0 bridgehead atoms. The van der Waals surface area contributed by atoms with Gasteiger partial charge in [-0.2, -0.15) is 4.98 Å². The average molecular weight is 429 g/mol. The van der Waals surface area contributed by atoms with Crippen molar-refractivity contribution in [3.05, 3.63) is 66.1 Å². The number of piperidine rings is 1. The van der Waals surface area contributed by atoms with Crippen LogP contribution in [0.2, 0.25) is 0 Å².